The monoisotopic (exact) mass is 232 g/mol. The van der Waals surface area contributed by atoms with E-state index in [1.165, 1.54) is 36.8 Å². The molecule has 0 nitrogen and oxygen atoms in total. The summed E-state index contributed by atoms with van der Waals surface area (Å²) < 4.78 is 0. The van der Waals surface area contributed by atoms with Crippen LogP contribution in [0.4, 0.5) is 0 Å². The summed E-state index contributed by atoms with van der Waals surface area (Å²) in [7, 11) is 0. The third-order valence-corrected chi connectivity index (χ3v) is 3.41. The van der Waals surface area contributed by atoms with E-state index in [-0.39, 0.29) is 0 Å². The Morgan fingerprint density at radius 1 is 0.882 bits per heavy atom. The Morgan fingerprint density at radius 2 is 1.47 bits per heavy atom. The van der Waals surface area contributed by atoms with Gasteiger partial charge in [-0.25, -0.2) is 0 Å². The summed E-state index contributed by atoms with van der Waals surface area (Å²) in [5.74, 6) is 1.60. The van der Waals surface area contributed by atoms with Crippen molar-refractivity contribution in [3.63, 3.8) is 0 Å². The van der Waals surface area contributed by atoms with Gasteiger partial charge in [-0.3, -0.25) is 0 Å². The first kappa shape index (κ1) is 14.3. The average molecular weight is 232 g/mol. The van der Waals surface area contributed by atoms with Gasteiger partial charge in [0.2, 0.25) is 0 Å². The van der Waals surface area contributed by atoms with Crippen LogP contribution in [0.2, 0.25) is 0 Å². The van der Waals surface area contributed by atoms with Gasteiger partial charge < -0.3 is 0 Å². The predicted molar refractivity (Wildman–Crippen MR) is 77.5 cm³/mol. The van der Waals surface area contributed by atoms with Crippen molar-refractivity contribution in [2.45, 2.75) is 60.3 Å². The maximum Gasteiger partial charge on any atom is -0.0274 e. The van der Waals surface area contributed by atoms with E-state index in [2.05, 4.69) is 52.8 Å². The molecule has 0 radical (unpaired) electrons. The zero-order valence-corrected chi connectivity index (χ0v) is 12.2. The van der Waals surface area contributed by atoms with Crippen molar-refractivity contribution in [2.24, 2.45) is 11.8 Å². The summed E-state index contributed by atoms with van der Waals surface area (Å²) in [6.45, 7) is 11.4. The number of hydrogen-bond acceptors (Lipinski definition) is 0. The fraction of sp³-hybridized carbons (Fsp3) is 0.647. The Balaban J connectivity index is 2.65. The zero-order valence-electron chi connectivity index (χ0n) is 12.2. The van der Waals surface area contributed by atoms with Gasteiger partial charge in [0.15, 0.2) is 0 Å². The van der Waals surface area contributed by atoms with Gasteiger partial charge in [0.05, 0.1) is 0 Å². The number of rotatable bonds is 6. The van der Waals surface area contributed by atoms with Gasteiger partial charge >= 0.3 is 0 Å². The number of benzene rings is 1. The summed E-state index contributed by atoms with van der Waals surface area (Å²) in [4.78, 5) is 0. The lowest BCUT2D eigenvalue weighted by Gasteiger charge is -2.11. The molecule has 0 saturated heterocycles. The molecule has 0 amide bonds. The standard InChI is InChI=1S/C17H28/c1-13(2)6-9-16-10-8-15(5)17(12-16)11-7-14(3)4/h8,10,12-14H,6-7,9,11H2,1-5H3. The normalized spacial score (nSPS) is 11.5. The summed E-state index contributed by atoms with van der Waals surface area (Å²) in [5.41, 5.74) is 4.53. The highest BCUT2D eigenvalue weighted by Crippen LogP contribution is 2.17. The third-order valence-electron chi connectivity index (χ3n) is 3.41. The smallest absolute Gasteiger partial charge is 0.0274 e. The van der Waals surface area contributed by atoms with Crippen LogP contribution in [-0.2, 0) is 12.8 Å². The van der Waals surface area contributed by atoms with Gasteiger partial charge in [-0.05, 0) is 61.1 Å². The van der Waals surface area contributed by atoms with Crippen LogP contribution in [0.3, 0.4) is 0 Å². The van der Waals surface area contributed by atoms with Crippen LogP contribution in [0.15, 0.2) is 18.2 Å². The molecular formula is C17H28. The molecular weight excluding hydrogens is 204 g/mol. The highest BCUT2D eigenvalue weighted by molar-refractivity contribution is 5.31. The molecule has 0 atom stereocenters. The molecule has 96 valence electrons. The minimum atomic E-state index is 0.800. The highest BCUT2D eigenvalue weighted by atomic mass is 14.1. The van der Waals surface area contributed by atoms with E-state index >= 15 is 0 Å². The first-order valence-corrected chi connectivity index (χ1v) is 7.07. The van der Waals surface area contributed by atoms with Crippen LogP contribution in [0, 0.1) is 18.8 Å². The molecule has 17 heavy (non-hydrogen) atoms. The maximum atomic E-state index is 2.43. The molecule has 0 bridgehead atoms. The molecule has 0 aromatic heterocycles. The van der Waals surface area contributed by atoms with E-state index in [0.29, 0.717) is 0 Å². The van der Waals surface area contributed by atoms with Crippen LogP contribution in [0.1, 0.15) is 57.2 Å². The van der Waals surface area contributed by atoms with Crippen molar-refractivity contribution in [1.29, 1.82) is 0 Å². The molecule has 0 aliphatic heterocycles. The summed E-state index contributed by atoms with van der Waals surface area (Å²) in [5, 5.41) is 0. The second kappa shape index (κ2) is 6.83. The Morgan fingerprint density at radius 3 is 2.06 bits per heavy atom. The molecule has 1 aromatic carbocycles. The van der Waals surface area contributed by atoms with Gasteiger partial charge in [-0.1, -0.05) is 45.9 Å². The van der Waals surface area contributed by atoms with E-state index < -0.39 is 0 Å². The Labute approximate surface area is 107 Å². The SMILES string of the molecule is Cc1ccc(CCC(C)C)cc1CCC(C)C. The highest BCUT2D eigenvalue weighted by Gasteiger charge is 2.03. The lowest BCUT2D eigenvalue weighted by atomic mass is 9.95. The molecule has 0 heteroatoms. The largest absolute Gasteiger partial charge is 0.0628 e. The molecule has 0 N–H and O–H groups in total. The molecule has 1 rings (SSSR count). The van der Waals surface area contributed by atoms with Crippen LogP contribution in [-0.4, -0.2) is 0 Å². The number of hydrogen-bond donors (Lipinski definition) is 0. The van der Waals surface area contributed by atoms with Crippen molar-refractivity contribution < 1.29 is 0 Å². The van der Waals surface area contributed by atoms with Crippen LogP contribution in [0.25, 0.3) is 0 Å². The first-order chi connectivity index (χ1) is 7.99. The van der Waals surface area contributed by atoms with Gasteiger partial charge in [-0.15, -0.1) is 0 Å². The molecule has 0 fully saturated rings. The summed E-state index contributed by atoms with van der Waals surface area (Å²) >= 11 is 0. The predicted octanol–water partition coefficient (Wildman–Crippen LogP) is 5.17. The second-order valence-electron chi connectivity index (χ2n) is 6.13. The minimum Gasteiger partial charge on any atom is -0.0628 e. The van der Waals surface area contributed by atoms with Crippen molar-refractivity contribution in [1.82, 2.24) is 0 Å². The van der Waals surface area contributed by atoms with Gasteiger partial charge in [0.25, 0.3) is 0 Å². The molecule has 0 aliphatic rings. The van der Waals surface area contributed by atoms with E-state index in [1.807, 2.05) is 0 Å². The number of aryl methyl sites for hydroxylation is 3. The minimum absolute atomic E-state index is 0.800. The second-order valence-corrected chi connectivity index (χ2v) is 6.13. The van der Waals surface area contributed by atoms with Crippen molar-refractivity contribution in [2.75, 3.05) is 0 Å². The van der Waals surface area contributed by atoms with Crippen LogP contribution in [0.5, 0.6) is 0 Å². The van der Waals surface area contributed by atoms with Gasteiger partial charge in [-0.2, -0.15) is 0 Å². The third kappa shape index (κ3) is 5.39. The molecule has 1 aromatic rings. The average Bonchev–Trinajstić information content (AvgIpc) is 2.26. The molecule has 0 spiro atoms. The first-order valence-electron chi connectivity index (χ1n) is 7.07. The fourth-order valence-electron chi connectivity index (χ4n) is 2.05. The van der Waals surface area contributed by atoms with Gasteiger partial charge in [0.1, 0.15) is 0 Å². The van der Waals surface area contributed by atoms with E-state index in [1.54, 1.807) is 5.56 Å². The van der Waals surface area contributed by atoms with Crippen LogP contribution < -0.4 is 0 Å². The Kier molecular flexibility index (Phi) is 5.74. The Bertz CT molecular complexity index is 334. The topological polar surface area (TPSA) is 0 Å². The van der Waals surface area contributed by atoms with Crippen molar-refractivity contribution in [3.05, 3.63) is 34.9 Å². The molecule has 0 saturated carbocycles. The van der Waals surface area contributed by atoms with Crippen molar-refractivity contribution in [3.8, 4) is 0 Å². The lowest BCUT2D eigenvalue weighted by molar-refractivity contribution is 0.580. The quantitative estimate of drug-likeness (QED) is 0.634. The zero-order chi connectivity index (χ0) is 12.8. The molecule has 0 heterocycles. The maximum absolute atomic E-state index is 2.43. The lowest BCUT2D eigenvalue weighted by Crippen LogP contribution is -1.98. The van der Waals surface area contributed by atoms with E-state index in [4.69, 9.17) is 0 Å². The summed E-state index contributed by atoms with van der Waals surface area (Å²) in [6, 6.07) is 7.03. The van der Waals surface area contributed by atoms with Gasteiger partial charge in [0, 0.05) is 0 Å². The van der Waals surface area contributed by atoms with Crippen LogP contribution >= 0.6 is 0 Å². The molecule has 0 unspecified atom stereocenters. The Hall–Kier alpha value is -0.780. The van der Waals surface area contributed by atoms with E-state index in [0.717, 1.165) is 11.8 Å². The van der Waals surface area contributed by atoms with Crippen molar-refractivity contribution >= 4 is 0 Å². The fourth-order valence-corrected chi connectivity index (χ4v) is 2.05. The molecule has 0 aliphatic carbocycles. The summed E-state index contributed by atoms with van der Waals surface area (Å²) in [6.07, 6.45) is 5.06. The van der Waals surface area contributed by atoms with E-state index in [9.17, 15) is 0 Å².